The summed E-state index contributed by atoms with van der Waals surface area (Å²) < 4.78 is 5.18. The Hall–Kier alpha value is -1.88. The zero-order valence-corrected chi connectivity index (χ0v) is 13.3. The number of carbonyl (C=O) groups is 2. The number of hydrogen-bond acceptors (Lipinski definition) is 4. The lowest BCUT2D eigenvalue weighted by Gasteiger charge is -2.33. The molecule has 1 heterocycles. The normalized spacial score (nSPS) is 18.7. The molecule has 22 heavy (non-hydrogen) atoms. The second-order valence-corrected chi connectivity index (χ2v) is 5.51. The lowest BCUT2D eigenvalue weighted by atomic mass is 10.0. The molecule has 1 fully saturated rings. The average molecular weight is 304 g/mol. The number of rotatable bonds is 5. The maximum atomic E-state index is 12.1. The van der Waals surface area contributed by atoms with Crippen molar-refractivity contribution in [3.8, 4) is 0 Å². The van der Waals surface area contributed by atoms with E-state index >= 15 is 0 Å². The highest BCUT2D eigenvalue weighted by Crippen LogP contribution is 2.21. The summed E-state index contributed by atoms with van der Waals surface area (Å²) in [5.74, 6) is -0.210. The SMILES string of the molecule is CCOC(=O)C1CCCCN1Cc1ccc(C(=O)NC)cc1. The highest BCUT2D eigenvalue weighted by molar-refractivity contribution is 5.93. The molecule has 1 aliphatic rings. The van der Waals surface area contributed by atoms with E-state index in [0.717, 1.165) is 31.4 Å². The fourth-order valence-corrected chi connectivity index (χ4v) is 2.83. The molecule has 0 saturated carbocycles. The van der Waals surface area contributed by atoms with Crippen molar-refractivity contribution < 1.29 is 14.3 Å². The zero-order chi connectivity index (χ0) is 15.9. The smallest absolute Gasteiger partial charge is 0.323 e. The van der Waals surface area contributed by atoms with Crippen molar-refractivity contribution in [1.82, 2.24) is 10.2 Å². The van der Waals surface area contributed by atoms with Crippen LogP contribution in [-0.4, -0.2) is 43.0 Å². The van der Waals surface area contributed by atoms with E-state index in [0.29, 0.717) is 18.7 Å². The Kier molecular flexibility index (Phi) is 5.95. The summed E-state index contributed by atoms with van der Waals surface area (Å²) in [4.78, 5) is 25.8. The highest BCUT2D eigenvalue weighted by Gasteiger charge is 2.29. The Morgan fingerprint density at radius 2 is 2.00 bits per heavy atom. The molecule has 1 N–H and O–H groups in total. The lowest BCUT2D eigenvalue weighted by molar-refractivity contribution is -0.151. The van der Waals surface area contributed by atoms with Gasteiger partial charge in [0.2, 0.25) is 0 Å². The maximum absolute atomic E-state index is 12.1. The molecule has 5 nitrogen and oxygen atoms in total. The van der Waals surface area contributed by atoms with Crippen LogP contribution in [0.2, 0.25) is 0 Å². The first kappa shape index (κ1) is 16.5. The number of nitrogens with one attached hydrogen (secondary N) is 1. The van der Waals surface area contributed by atoms with Gasteiger partial charge in [-0.25, -0.2) is 0 Å². The molecule has 1 aromatic carbocycles. The van der Waals surface area contributed by atoms with Gasteiger partial charge in [0.05, 0.1) is 6.61 Å². The molecule has 0 aliphatic carbocycles. The van der Waals surface area contributed by atoms with Crippen LogP contribution in [0.1, 0.15) is 42.1 Å². The van der Waals surface area contributed by atoms with Crippen LogP contribution in [0.25, 0.3) is 0 Å². The van der Waals surface area contributed by atoms with E-state index in [1.165, 1.54) is 0 Å². The summed E-state index contributed by atoms with van der Waals surface area (Å²) in [5, 5.41) is 2.61. The standard InChI is InChI=1S/C17H24N2O3/c1-3-22-17(21)15-6-4-5-11-19(15)12-13-7-9-14(10-8-13)16(20)18-2/h7-10,15H,3-6,11-12H2,1-2H3,(H,18,20). The third kappa shape index (κ3) is 4.07. The van der Waals surface area contributed by atoms with Crippen LogP contribution in [0, 0.1) is 0 Å². The van der Waals surface area contributed by atoms with Gasteiger partial charge in [-0.15, -0.1) is 0 Å². The van der Waals surface area contributed by atoms with Crippen LogP contribution in [0.15, 0.2) is 24.3 Å². The molecule has 2 rings (SSSR count). The Morgan fingerprint density at radius 3 is 2.64 bits per heavy atom. The molecule has 0 aromatic heterocycles. The molecule has 1 aromatic rings. The molecule has 0 bridgehead atoms. The summed E-state index contributed by atoms with van der Waals surface area (Å²) in [7, 11) is 1.62. The van der Waals surface area contributed by atoms with E-state index in [9.17, 15) is 9.59 Å². The number of likely N-dealkylation sites (tertiary alicyclic amines) is 1. The van der Waals surface area contributed by atoms with Gasteiger partial charge in [0, 0.05) is 19.2 Å². The molecule has 1 unspecified atom stereocenters. The number of ether oxygens (including phenoxy) is 1. The zero-order valence-electron chi connectivity index (χ0n) is 13.3. The highest BCUT2D eigenvalue weighted by atomic mass is 16.5. The van der Waals surface area contributed by atoms with Crippen molar-refractivity contribution in [3.05, 3.63) is 35.4 Å². The van der Waals surface area contributed by atoms with E-state index in [-0.39, 0.29) is 17.9 Å². The fraction of sp³-hybridized carbons (Fsp3) is 0.529. The molecule has 1 saturated heterocycles. The number of esters is 1. The Balaban J connectivity index is 2.03. The third-order valence-electron chi connectivity index (χ3n) is 4.00. The van der Waals surface area contributed by atoms with Crippen molar-refractivity contribution in [2.75, 3.05) is 20.2 Å². The Bertz CT molecular complexity index is 513. The number of carbonyl (C=O) groups excluding carboxylic acids is 2. The molecule has 0 radical (unpaired) electrons. The van der Waals surface area contributed by atoms with Gasteiger partial charge in [-0.1, -0.05) is 18.6 Å². The second kappa shape index (κ2) is 7.94. The Morgan fingerprint density at radius 1 is 1.27 bits per heavy atom. The minimum atomic E-state index is -0.146. The molecule has 1 aliphatic heterocycles. The van der Waals surface area contributed by atoms with Gasteiger partial charge in [0.15, 0.2) is 0 Å². The van der Waals surface area contributed by atoms with E-state index in [1.807, 2.05) is 31.2 Å². The van der Waals surface area contributed by atoms with Crippen LogP contribution in [0.5, 0.6) is 0 Å². The maximum Gasteiger partial charge on any atom is 0.323 e. The van der Waals surface area contributed by atoms with Crippen molar-refractivity contribution in [3.63, 3.8) is 0 Å². The summed E-state index contributed by atoms with van der Waals surface area (Å²) in [6.45, 7) is 3.87. The van der Waals surface area contributed by atoms with E-state index < -0.39 is 0 Å². The minimum absolute atomic E-state index is 0.0890. The molecule has 120 valence electrons. The van der Waals surface area contributed by atoms with Gasteiger partial charge in [0.25, 0.3) is 5.91 Å². The minimum Gasteiger partial charge on any atom is -0.465 e. The first-order valence-corrected chi connectivity index (χ1v) is 7.87. The first-order chi connectivity index (χ1) is 10.7. The van der Waals surface area contributed by atoms with E-state index in [2.05, 4.69) is 10.2 Å². The predicted molar refractivity (Wildman–Crippen MR) is 84.5 cm³/mol. The number of hydrogen-bond donors (Lipinski definition) is 1. The average Bonchev–Trinajstić information content (AvgIpc) is 2.55. The monoisotopic (exact) mass is 304 g/mol. The molecule has 1 amide bonds. The number of amides is 1. The first-order valence-electron chi connectivity index (χ1n) is 7.87. The summed E-state index contributed by atoms with van der Waals surface area (Å²) in [6.07, 6.45) is 3.02. The van der Waals surface area contributed by atoms with Gasteiger partial charge in [-0.05, 0) is 44.0 Å². The lowest BCUT2D eigenvalue weighted by Crippen LogP contribution is -2.44. The van der Waals surface area contributed by atoms with Crippen LogP contribution in [0.3, 0.4) is 0 Å². The van der Waals surface area contributed by atoms with Crippen molar-refractivity contribution in [2.45, 2.75) is 38.8 Å². The molecular formula is C17H24N2O3. The van der Waals surface area contributed by atoms with Gasteiger partial charge in [-0.3, -0.25) is 14.5 Å². The molecule has 0 spiro atoms. The second-order valence-electron chi connectivity index (χ2n) is 5.51. The topological polar surface area (TPSA) is 58.6 Å². The summed E-state index contributed by atoms with van der Waals surface area (Å²) in [5.41, 5.74) is 1.75. The van der Waals surface area contributed by atoms with Crippen LogP contribution < -0.4 is 5.32 Å². The Labute approximate surface area is 131 Å². The van der Waals surface area contributed by atoms with E-state index in [4.69, 9.17) is 4.74 Å². The third-order valence-corrected chi connectivity index (χ3v) is 4.00. The molecule has 1 atom stereocenters. The summed E-state index contributed by atoms with van der Waals surface area (Å²) >= 11 is 0. The van der Waals surface area contributed by atoms with Crippen molar-refractivity contribution in [2.24, 2.45) is 0 Å². The van der Waals surface area contributed by atoms with Gasteiger partial charge < -0.3 is 10.1 Å². The van der Waals surface area contributed by atoms with Crippen LogP contribution in [0.4, 0.5) is 0 Å². The van der Waals surface area contributed by atoms with Crippen molar-refractivity contribution in [1.29, 1.82) is 0 Å². The molecule has 5 heteroatoms. The molecular weight excluding hydrogens is 280 g/mol. The fourth-order valence-electron chi connectivity index (χ4n) is 2.83. The summed E-state index contributed by atoms with van der Waals surface area (Å²) in [6, 6.07) is 7.38. The van der Waals surface area contributed by atoms with Gasteiger partial charge >= 0.3 is 5.97 Å². The number of benzene rings is 1. The predicted octanol–water partition coefficient (Wildman–Crippen LogP) is 1.96. The van der Waals surface area contributed by atoms with Crippen LogP contribution in [-0.2, 0) is 16.1 Å². The van der Waals surface area contributed by atoms with Gasteiger partial charge in [-0.2, -0.15) is 0 Å². The van der Waals surface area contributed by atoms with Crippen molar-refractivity contribution >= 4 is 11.9 Å². The van der Waals surface area contributed by atoms with E-state index in [1.54, 1.807) is 7.05 Å². The largest absolute Gasteiger partial charge is 0.465 e. The quantitative estimate of drug-likeness (QED) is 0.845. The van der Waals surface area contributed by atoms with Gasteiger partial charge in [0.1, 0.15) is 6.04 Å². The van der Waals surface area contributed by atoms with Crippen LogP contribution >= 0.6 is 0 Å². The number of piperidine rings is 1. The number of nitrogens with zero attached hydrogens (tertiary/aromatic N) is 1.